The highest BCUT2D eigenvalue weighted by Gasteiger charge is 2.18. The fourth-order valence-corrected chi connectivity index (χ4v) is 7.13. The van der Waals surface area contributed by atoms with Gasteiger partial charge in [0.1, 0.15) is 0 Å². The lowest BCUT2D eigenvalue weighted by molar-refractivity contribution is -0.143. The normalized spacial score (nSPS) is 13.0. The number of hydrogen-bond acceptors (Lipinski definition) is 5. The average molecular weight is 788 g/mol. The number of aliphatic hydroxyl groups excluding tert-OH is 2. The molecule has 0 saturated carbocycles. The van der Waals surface area contributed by atoms with Crippen molar-refractivity contribution in [1.29, 1.82) is 0 Å². The summed E-state index contributed by atoms with van der Waals surface area (Å²) in [6.45, 7) is 4.81. The molecule has 0 aliphatic heterocycles. The standard InChI is InChI=1S/C50H93NO5/c1-3-5-7-9-11-13-15-17-18-19-24-28-32-36-40-44-50(55)56-45-41-37-33-29-25-21-20-23-27-31-35-39-43-49(54)51-47(46-52)48(53)42-38-34-30-26-22-16-14-12-10-8-6-4-2/h11,13,17-18,38,42,47-48,52-53H,3-10,12,14-16,19-37,39-41,43-46H2,1-2H3,(H,51,54)/b13-11-,18-17-,42-38+. The van der Waals surface area contributed by atoms with Crippen molar-refractivity contribution in [3.8, 4) is 0 Å². The molecule has 6 nitrogen and oxygen atoms in total. The molecule has 0 spiro atoms. The predicted molar refractivity (Wildman–Crippen MR) is 241 cm³/mol. The van der Waals surface area contributed by atoms with Crippen molar-refractivity contribution < 1.29 is 24.5 Å². The molecule has 0 fully saturated rings. The Labute approximate surface area is 347 Å². The first-order valence-electron chi connectivity index (χ1n) is 24.3. The lowest BCUT2D eigenvalue weighted by Crippen LogP contribution is -2.45. The fraction of sp³-hybridized carbons (Fsp3) is 0.840. The second kappa shape index (κ2) is 45.8. The fourth-order valence-electron chi connectivity index (χ4n) is 7.13. The molecule has 0 bridgehead atoms. The van der Waals surface area contributed by atoms with E-state index < -0.39 is 12.1 Å². The summed E-state index contributed by atoms with van der Waals surface area (Å²) in [7, 11) is 0. The molecule has 2 atom stereocenters. The zero-order valence-electron chi connectivity index (χ0n) is 37.1. The van der Waals surface area contributed by atoms with E-state index in [1.807, 2.05) is 6.08 Å². The summed E-state index contributed by atoms with van der Waals surface area (Å²) >= 11 is 0. The molecule has 1 amide bonds. The van der Waals surface area contributed by atoms with Crippen LogP contribution in [0.15, 0.2) is 36.5 Å². The van der Waals surface area contributed by atoms with Gasteiger partial charge in [-0.3, -0.25) is 9.59 Å². The Balaban J connectivity index is 3.50. The van der Waals surface area contributed by atoms with Gasteiger partial charge in [-0.15, -0.1) is 0 Å². The van der Waals surface area contributed by atoms with E-state index in [9.17, 15) is 19.8 Å². The summed E-state index contributed by atoms with van der Waals surface area (Å²) in [5.74, 6) is -0.112. The SMILES string of the molecule is CCCCC/C=C\C/C=C\CCCCCCCC(=O)OCCCCCCCCCCCCCCC(=O)NC(CO)C(O)/C=C/CCCCCCCCCCCC. The molecule has 3 N–H and O–H groups in total. The Morgan fingerprint density at radius 2 is 0.893 bits per heavy atom. The van der Waals surface area contributed by atoms with Crippen LogP contribution in [0.25, 0.3) is 0 Å². The molecule has 0 aromatic rings. The van der Waals surface area contributed by atoms with Gasteiger partial charge in [0.15, 0.2) is 0 Å². The largest absolute Gasteiger partial charge is 0.466 e. The lowest BCUT2D eigenvalue weighted by atomic mass is 10.0. The summed E-state index contributed by atoms with van der Waals surface area (Å²) in [6, 6.07) is -0.639. The summed E-state index contributed by atoms with van der Waals surface area (Å²) < 4.78 is 5.45. The van der Waals surface area contributed by atoms with E-state index in [0.717, 1.165) is 70.6 Å². The zero-order chi connectivity index (χ0) is 40.8. The highest BCUT2D eigenvalue weighted by atomic mass is 16.5. The molecule has 0 saturated heterocycles. The number of aliphatic hydroxyl groups is 2. The van der Waals surface area contributed by atoms with Crippen LogP contribution in [-0.4, -0.2) is 47.4 Å². The Morgan fingerprint density at radius 3 is 1.39 bits per heavy atom. The molecular formula is C50H93NO5. The maximum atomic E-state index is 12.4. The first kappa shape index (κ1) is 54.1. The van der Waals surface area contributed by atoms with Gasteiger partial charge in [0.2, 0.25) is 5.91 Å². The number of ether oxygens (including phenoxy) is 1. The summed E-state index contributed by atoms with van der Waals surface area (Å²) in [5, 5.41) is 23.0. The smallest absolute Gasteiger partial charge is 0.305 e. The quantitative estimate of drug-likeness (QED) is 0.0325. The molecule has 56 heavy (non-hydrogen) atoms. The van der Waals surface area contributed by atoms with Gasteiger partial charge < -0.3 is 20.3 Å². The van der Waals surface area contributed by atoms with Crippen molar-refractivity contribution in [1.82, 2.24) is 5.32 Å². The topological polar surface area (TPSA) is 95.9 Å². The Kier molecular flexibility index (Phi) is 44.2. The molecule has 0 heterocycles. The maximum absolute atomic E-state index is 12.4. The van der Waals surface area contributed by atoms with Crippen LogP contribution in [-0.2, 0) is 14.3 Å². The maximum Gasteiger partial charge on any atom is 0.305 e. The Hall–Kier alpha value is -1.92. The number of amides is 1. The number of carbonyl (C=O) groups excluding carboxylic acids is 2. The van der Waals surface area contributed by atoms with Crippen LogP contribution < -0.4 is 5.32 Å². The molecule has 0 rings (SSSR count). The second-order valence-electron chi connectivity index (χ2n) is 16.4. The van der Waals surface area contributed by atoms with Gasteiger partial charge in [0.25, 0.3) is 0 Å². The summed E-state index contributed by atoms with van der Waals surface area (Å²) in [6.07, 6.45) is 54.1. The number of unbranched alkanes of at least 4 members (excludes halogenated alkanes) is 29. The third-order valence-electron chi connectivity index (χ3n) is 10.9. The third kappa shape index (κ3) is 41.7. The average Bonchev–Trinajstić information content (AvgIpc) is 3.20. The lowest BCUT2D eigenvalue weighted by Gasteiger charge is -2.20. The van der Waals surface area contributed by atoms with Crippen LogP contribution in [0.4, 0.5) is 0 Å². The molecule has 6 heteroatoms. The van der Waals surface area contributed by atoms with Crippen molar-refractivity contribution in [3.05, 3.63) is 36.5 Å². The molecule has 0 radical (unpaired) electrons. The Bertz CT molecular complexity index is 915. The molecule has 0 aliphatic rings. The van der Waals surface area contributed by atoms with Crippen LogP contribution in [0.1, 0.15) is 245 Å². The predicted octanol–water partition coefficient (Wildman–Crippen LogP) is 14.1. The van der Waals surface area contributed by atoms with Crippen LogP contribution in [0.3, 0.4) is 0 Å². The molecule has 328 valence electrons. The van der Waals surface area contributed by atoms with Gasteiger partial charge >= 0.3 is 5.97 Å². The minimum atomic E-state index is -0.854. The number of allylic oxidation sites excluding steroid dienone is 5. The van der Waals surface area contributed by atoms with Crippen LogP contribution in [0, 0.1) is 0 Å². The molecule has 2 unspecified atom stereocenters. The van der Waals surface area contributed by atoms with Crippen molar-refractivity contribution >= 4 is 11.9 Å². The van der Waals surface area contributed by atoms with Crippen LogP contribution in [0.5, 0.6) is 0 Å². The monoisotopic (exact) mass is 788 g/mol. The number of nitrogens with one attached hydrogen (secondary N) is 1. The number of carbonyl (C=O) groups is 2. The van der Waals surface area contributed by atoms with Gasteiger partial charge in [-0.05, 0) is 64.2 Å². The van der Waals surface area contributed by atoms with Gasteiger partial charge in [0.05, 0.1) is 25.4 Å². The molecule has 0 aromatic carbocycles. The highest BCUT2D eigenvalue weighted by molar-refractivity contribution is 5.76. The van der Waals surface area contributed by atoms with Gasteiger partial charge in [-0.25, -0.2) is 0 Å². The van der Waals surface area contributed by atoms with E-state index in [4.69, 9.17) is 4.74 Å². The van der Waals surface area contributed by atoms with E-state index in [1.165, 1.54) is 148 Å². The van der Waals surface area contributed by atoms with Crippen molar-refractivity contribution in [2.75, 3.05) is 13.2 Å². The Morgan fingerprint density at radius 1 is 0.500 bits per heavy atom. The van der Waals surface area contributed by atoms with E-state index in [-0.39, 0.29) is 18.5 Å². The van der Waals surface area contributed by atoms with E-state index in [2.05, 4.69) is 43.5 Å². The minimum absolute atomic E-state index is 0.0258. The number of hydrogen-bond donors (Lipinski definition) is 3. The third-order valence-corrected chi connectivity index (χ3v) is 10.9. The first-order valence-corrected chi connectivity index (χ1v) is 24.3. The van der Waals surface area contributed by atoms with Crippen LogP contribution in [0.2, 0.25) is 0 Å². The summed E-state index contributed by atoms with van der Waals surface area (Å²) in [5.41, 5.74) is 0. The van der Waals surface area contributed by atoms with E-state index in [0.29, 0.717) is 19.4 Å². The van der Waals surface area contributed by atoms with Gasteiger partial charge in [0, 0.05) is 12.8 Å². The molecule has 0 aromatic heterocycles. The molecule has 0 aliphatic carbocycles. The van der Waals surface area contributed by atoms with E-state index >= 15 is 0 Å². The minimum Gasteiger partial charge on any atom is -0.466 e. The van der Waals surface area contributed by atoms with Crippen molar-refractivity contribution in [2.24, 2.45) is 0 Å². The second-order valence-corrected chi connectivity index (χ2v) is 16.4. The van der Waals surface area contributed by atoms with Crippen LogP contribution >= 0.6 is 0 Å². The van der Waals surface area contributed by atoms with Gasteiger partial charge in [-0.2, -0.15) is 0 Å². The van der Waals surface area contributed by atoms with Crippen molar-refractivity contribution in [3.63, 3.8) is 0 Å². The molecular weight excluding hydrogens is 695 g/mol. The number of rotatable bonds is 44. The van der Waals surface area contributed by atoms with Crippen molar-refractivity contribution in [2.45, 2.75) is 257 Å². The number of esters is 1. The van der Waals surface area contributed by atoms with Gasteiger partial charge in [-0.1, -0.05) is 204 Å². The highest BCUT2D eigenvalue weighted by Crippen LogP contribution is 2.15. The van der Waals surface area contributed by atoms with E-state index in [1.54, 1.807) is 6.08 Å². The summed E-state index contributed by atoms with van der Waals surface area (Å²) in [4.78, 5) is 24.4. The zero-order valence-corrected chi connectivity index (χ0v) is 37.1. The first-order chi connectivity index (χ1) is 27.5.